The Kier molecular flexibility index (Phi) is 3.85. The predicted octanol–water partition coefficient (Wildman–Crippen LogP) is 3.25. The Bertz CT molecular complexity index is 457. The third kappa shape index (κ3) is 2.99. The first-order valence-electron chi connectivity index (χ1n) is 6.22. The fourth-order valence-corrected chi connectivity index (χ4v) is 2.89. The van der Waals surface area contributed by atoms with Crippen LogP contribution in [0.1, 0.15) is 25.8 Å². The predicted molar refractivity (Wildman–Crippen MR) is 75.4 cm³/mol. The third-order valence-corrected chi connectivity index (χ3v) is 4.42. The number of hydrogen-bond donors (Lipinski definition) is 2. The van der Waals surface area contributed by atoms with Gasteiger partial charge in [-0.25, -0.2) is 0 Å². The molecule has 1 heterocycles. The molecule has 0 spiro atoms. The molecule has 0 saturated heterocycles. The van der Waals surface area contributed by atoms with Crippen molar-refractivity contribution < 1.29 is 9.90 Å². The van der Waals surface area contributed by atoms with Crippen molar-refractivity contribution in [3.63, 3.8) is 0 Å². The van der Waals surface area contributed by atoms with Crippen LogP contribution in [0.2, 0.25) is 0 Å². The first kappa shape index (κ1) is 13.3. The summed E-state index contributed by atoms with van der Waals surface area (Å²) in [5.74, 6) is 0.426. The highest BCUT2D eigenvalue weighted by atomic mass is 32.2. The van der Waals surface area contributed by atoms with Gasteiger partial charge >= 0.3 is 5.97 Å². The molecule has 4 heteroatoms. The molecule has 18 heavy (non-hydrogen) atoms. The lowest BCUT2D eigenvalue weighted by atomic mass is 9.94. The quantitative estimate of drug-likeness (QED) is 0.877. The van der Waals surface area contributed by atoms with Gasteiger partial charge in [0.05, 0.1) is 5.41 Å². The lowest BCUT2D eigenvalue weighted by molar-refractivity contribution is -0.146. The van der Waals surface area contributed by atoms with Gasteiger partial charge in [0.1, 0.15) is 0 Å². The van der Waals surface area contributed by atoms with E-state index in [9.17, 15) is 4.79 Å². The molecular weight excluding hydrogens is 246 g/mol. The van der Waals surface area contributed by atoms with Crippen molar-refractivity contribution in [1.82, 2.24) is 0 Å². The highest BCUT2D eigenvalue weighted by molar-refractivity contribution is 7.99. The van der Waals surface area contributed by atoms with E-state index >= 15 is 0 Å². The minimum Gasteiger partial charge on any atom is -0.481 e. The van der Waals surface area contributed by atoms with Gasteiger partial charge in [-0.05, 0) is 56.2 Å². The van der Waals surface area contributed by atoms with E-state index in [1.54, 1.807) is 13.8 Å². The van der Waals surface area contributed by atoms with Crippen molar-refractivity contribution in [2.75, 3.05) is 17.6 Å². The molecule has 1 aliphatic rings. The molecule has 1 aromatic rings. The second kappa shape index (κ2) is 5.22. The number of aryl methyl sites for hydroxylation is 1. The maximum Gasteiger partial charge on any atom is 0.310 e. The summed E-state index contributed by atoms with van der Waals surface area (Å²) >= 11 is 1.90. The fourth-order valence-electron chi connectivity index (χ4n) is 1.87. The molecule has 0 saturated carbocycles. The van der Waals surface area contributed by atoms with Crippen LogP contribution in [0.15, 0.2) is 23.1 Å². The van der Waals surface area contributed by atoms with Crippen LogP contribution in [0.3, 0.4) is 0 Å². The number of fused-ring (bicyclic) bond motifs is 1. The van der Waals surface area contributed by atoms with Crippen LogP contribution in [-0.2, 0) is 11.2 Å². The van der Waals surface area contributed by atoms with Crippen LogP contribution in [0.5, 0.6) is 0 Å². The lowest BCUT2D eigenvalue weighted by Gasteiger charge is -2.21. The Labute approximate surface area is 112 Å². The number of nitrogens with one attached hydrogen (secondary N) is 1. The number of carboxylic acids is 1. The molecule has 1 aliphatic heterocycles. The van der Waals surface area contributed by atoms with Crippen molar-refractivity contribution >= 4 is 23.4 Å². The molecule has 3 nitrogen and oxygen atoms in total. The van der Waals surface area contributed by atoms with Crippen molar-refractivity contribution in [2.24, 2.45) is 5.41 Å². The summed E-state index contributed by atoms with van der Waals surface area (Å²) in [6.45, 7) is 3.90. The molecule has 0 atom stereocenters. The summed E-state index contributed by atoms with van der Waals surface area (Å²) < 4.78 is 0. The average molecular weight is 265 g/mol. The summed E-state index contributed by atoms with van der Waals surface area (Å²) in [5, 5.41) is 12.3. The van der Waals surface area contributed by atoms with Gasteiger partial charge in [0.25, 0.3) is 0 Å². The Morgan fingerprint density at radius 3 is 3.00 bits per heavy atom. The summed E-state index contributed by atoms with van der Waals surface area (Å²) in [4.78, 5) is 12.4. The smallest absolute Gasteiger partial charge is 0.310 e. The Morgan fingerprint density at radius 2 is 2.28 bits per heavy atom. The summed E-state index contributed by atoms with van der Waals surface area (Å²) in [5.41, 5.74) is 1.65. The van der Waals surface area contributed by atoms with Gasteiger partial charge in [-0.15, -0.1) is 11.8 Å². The SMILES string of the molecule is CC(C)(CNc1ccc2c(c1)CCCS2)C(=O)O. The highest BCUT2D eigenvalue weighted by Crippen LogP contribution is 2.32. The number of carboxylic acid groups (broad SMARTS) is 1. The zero-order valence-electron chi connectivity index (χ0n) is 10.8. The molecule has 0 aliphatic carbocycles. The number of aliphatic carboxylic acids is 1. The second-order valence-corrected chi connectivity index (χ2v) is 6.45. The minimum absolute atomic E-state index is 0.439. The number of carbonyl (C=O) groups is 1. The molecule has 0 aromatic heterocycles. The van der Waals surface area contributed by atoms with Crippen LogP contribution < -0.4 is 5.32 Å². The number of benzene rings is 1. The number of hydrogen-bond acceptors (Lipinski definition) is 3. The van der Waals surface area contributed by atoms with Crippen molar-refractivity contribution in [3.8, 4) is 0 Å². The Hall–Kier alpha value is -1.16. The average Bonchev–Trinajstić information content (AvgIpc) is 2.36. The van der Waals surface area contributed by atoms with E-state index in [4.69, 9.17) is 5.11 Å². The van der Waals surface area contributed by atoms with Gasteiger partial charge in [-0.3, -0.25) is 4.79 Å². The molecular formula is C14H19NO2S. The van der Waals surface area contributed by atoms with Gasteiger partial charge in [0.15, 0.2) is 0 Å². The van der Waals surface area contributed by atoms with Crippen LogP contribution in [0.4, 0.5) is 5.69 Å². The second-order valence-electron chi connectivity index (χ2n) is 5.32. The molecule has 98 valence electrons. The molecule has 0 fully saturated rings. The van der Waals surface area contributed by atoms with E-state index in [2.05, 4.69) is 17.4 Å². The van der Waals surface area contributed by atoms with E-state index in [0.717, 1.165) is 12.1 Å². The number of anilines is 1. The fraction of sp³-hybridized carbons (Fsp3) is 0.500. The molecule has 0 bridgehead atoms. The Morgan fingerprint density at radius 1 is 1.50 bits per heavy atom. The van der Waals surface area contributed by atoms with Crippen LogP contribution >= 0.6 is 11.8 Å². The first-order chi connectivity index (χ1) is 8.49. The normalized spacial score (nSPS) is 15.0. The maximum absolute atomic E-state index is 11.0. The Balaban J connectivity index is 2.04. The van der Waals surface area contributed by atoms with Crippen LogP contribution in [0, 0.1) is 5.41 Å². The molecule has 1 aromatic carbocycles. The van der Waals surface area contributed by atoms with Gasteiger partial charge < -0.3 is 10.4 Å². The van der Waals surface area contributed by atoms with Gasteiger partial charge in [0, 0.05) is 17.1 Å². The van der Waals surface area contributed by atoms with E-state index in [1.165, 1.54) is 22.6 Å². The topological polar surface area (TPSA) is 49.3 Å². The van der Waals surface area contributed by atoms with E-state index < -0.39 is 11.4 Å². The van der Waals surface area contributed by atoms with E-state index in [1.807, 2.05) is 17.8 Å². The highest BCUT2D eigenvalue weighted by Gasteiger charge is 2.26. The summed E-state index contributed by atoms with van der Waals surface area (Å²) in [6.07, 6.45) is 2.35. The van der Waals surface area contributed by atoms with Gasteiger partial charge in [-0.1, -0.05) is 0 Å². The number of thioether (sulfide) groups is 1. The zero-order valence-corrected chi connectivity index (χ0v) is 11.6. The van der Waals surface area contributed by atoms with E-state index in [0.29, 0.717) is 6.54 Å². The standard InChI is InChI=1S/C14H19NO2S/c1-14(2,13(16)17)9-15-11-5-6-12-10(8-11)4-3-7-18-12/h5-6,8,15H,3-4,7,9H2,1-2H3,(H,16,17). The molecule has 0 radical (unpaired) electrons. The van der Waals surface area contributed by atoms with Crippen molar-refractivity contribution in [1.29, 1.82) is 0 Å². The zero-order chi connectivity index (χ0) is 13.2. The lowest BCUT2D eigenvalue weighted by Crippen LogP contribution is -2.31. The van der Waals surface area contributed by atoms with Crippen molar-refractivity contribution in [3.05, 3.63) is 23.8 Å². The minimum atomic E-state index is -0.775. The molecule has 0 amide bonds. The van der Waals surface area contributed by atoms with Crippen molar-refractivity contribution in [2.45, 2.75) is 31.6 Å². The molecule has 2 rings (SSSR count). The maximum atomic E-state index is 11.0. The first-order valence-corrected chi connectivity index (χ1v) is 7.20. The molecule has 0 unspecified atom stereocenters. The monoisotopic (exact) mass is 265 g/mol. The van der Waals surface area contributed by atoms with E-state index in [-0.39, 0.29) is 0 Å². The van der Waals surface area contributed by atoms with Crippen LogP contribution in [0.25, 0.3) is 0 Å². The number of rotatable bonds is 4. The third-order valence-electron chi connectivity index (χ3n) is 3.22. The molecule has 2 N–H and O–H groups in total. The van der Waals surface area contributed by atoms with Gasteiger partial charge in [-0.2, -0.15) is 0 Å². The summed E-state index contributed by atoms with van der Waals surface area (Å²) in [7, 11) is 0. The van der Waals surface area contributed by atoms with Gasteiger partial charge in [0.2, 0.25) is 0 Å². The van der Waals surface area contributed by atoms with Crippen LogP contribution in [-0.4, -0.2) is 23.4 Å². The summed E-state index contributed by atoms with van der Waals surface area (Å²) in [6, 6.07) is 6.32. The largest absolute Gasteiger partial charge is 0.481 e.